The van der Waals surface area contributed by atoms with Crippen molar-refractivity contribution in [1.82, 2.24) is 10.2 Å². The molecule has 0 atom stereocenters. The van der Waals surface area contributed by atoms with Crippen LogP contribution in [0, 0.1) is 12.8 Å². The summed E-state index contributed by atoms with van der Waals surface area (Å²) in [7, 11) is 0. The average Bonchev–Trinajstić information content (AvgIpc) is 2.50. The summed E-state index contributed by atoms with van der Waals surface area (Å²) >= 11 is 0. The van der Waals surface area contributed by atoms with Gasteiger partial charge in [0.15, 0.2) is 5.82 Å². The highest BCUT2D eigenvalue weighted by Crippen LogP contribution is 2.24. The molecular formula is C17H21N3. The maximum atomic E-state index is 4.29. The molecule has 1 aliphatic rings. The number of aromatic nitrogens is 2. The Labute approximate surface area is 120 Å². The minimum Gasteiger partial charge on any atom is -0.355 e. The van der Waals surface area contributed by atoms with Crippen molar-refractivity contribution in [3.05, 3.63) is 53.7 Å². The van der Waals surface area contributed by atoms with Gasteiger partial charge in [-0.05, 0) is 49.8 Å². The summed E-state index contributed by atoms with van der Waals surface area (Å²) in [5.41, 5.74) is 2.44. The van der Waals surface area contributed by atoms with Gasteiger partial charge in [0.25, 0.3) is 0 Å². The molecule has 0 bridgehead atoms. The summed E-state index contributed by atoms with van der Waals surface area (Å²) in [5.74, 6) is 1.82. The molecule has 0 amide bonds. The fourth-order valence-electron chi connectivity index (χ4n) is 2.87. The van der Waals surface area contributed by atoms with E-state index < -0.39 is 0 Å². The number of anilines is 1. The van der Waals surface area contributed by atoms with Crippen molar-refractivity contribution >= 4 is 5.82 Å². The lowest BCUT2D eigenvalue weighted by Crippen LogP contribution is -2.35. The van der Waals surface area contributed by atoms with Crippen LogP contribution in [0.3, 0.4) is 0 Å². The lowest BCUT2D eigenvalue weighted by atomic mass is 9.90. The van der Waals surface area contributed by atoms with Crippen molar-refractivity contribution in [3.8, 4) is 0 Å². The number of benzene rings is 1. The largest absolute Gasteiger partial charge is 0.355 e. The highest BCUT2D eigenvalue weighted by Gasteiger charge is 2.20. The Morgan fingerprint density at radius 1 is 1.00 bits per heavy atom. The third kappa shape index (κ3) is 3.16. The van der Waals surface area contributed by atoms with Gasteiger partial charge in [-0.2, -0.15) is 5.10 Å². The van der Waals surface area contributed by atoms with Crippen LogP contribution >= 0.6 is 0 Å². The van der Waals surface area contributed by atoms with E-state index in [-0.39, 0.29) is 0 Å². The minimum atomic E-state index is 0.798. The number of rotatable bonds is 3. The molecule has 0 unspecified atom stereocenters. The van der Waals surface area contributed by atoms with Gasteiger partial charge >= 0.3 is 0 Å². The molecule has 3 nitrogen and oxygen atoms in total. The average molecular weight is 267 g/mol. The van der Waals surface area contributed by atoms with Crippen LogP contribution in [0.4, 0.5) is 5.82 Å². The number of aryl methyl sites for hydroxylation is 1. The van der Waals surface area contributed by atoms with Gasteiger partial charge in [-0.15, -0.1) is 5.10 Å². The second kappa shape index (κ2) is 6.04. The minimum absolute atomic E-state index is 0.798. The third-order valence-electron chi connectivity index (χ3n) is 4.09. The standard InChI is InChI=1S/C17H21N3/c1-14-7-8-17(19-18-14)20-11-9-16(10-12-20)13-15-5-3-2-4-6-15/h2-8,16H,9-13H2,1H3. The van der Waals surface area contributed by atoms with E-state index in [0.717, 1.165) is 30.5 Å². The number of piperidine rings is 1. The van der Waals surface area contributed by atoms with Crippen LogP contribution in [0.5, 0.6) is 0 Å². The first kappa shape index (κ1) is 13.1. The van der Waals surface area contributed by atoms with Crippen molar-refractivity contribution in [3.63, 3.8) is 0 Å². The van der Waals surface area contributed by atoms with Gasteiger partial charge < -0.3 is 4.90 Å². The van der Waals surface area contributed by atoms with Crippen molar-refractivity contribution < 1.29 is 0 Å². The zero-order valence-corrected chi connectivity index (χ0v) is 12.0. The quantitative estimate of drug-likeness (QED) is 0.855. The Balaban J connectivity index is 1.55. The Morgan fingerprint density at radius 2 is 1.75 bits per heavy atom. The molecule has 1 saturated heterocycles. The van der Waals surface area contributed by atoms with Crippen LogP contribution in [0.1, 0.15) is 24.1 Å². The highest BCUT2D eigenvalue weighted by atomic mass is 15.3. The van der Waals surface area contributed by atoms with Crippen molar-refractivity contribution in [1.29, 1.82) is 0 Å². The molecule has 1 aromatic carbocycles. The van der Waals surface area contributed by atoms with E-state index in [1.54, 1.807) is 0 Å². The number of nitrogens with zero attached hydrogens (tertiary/aromatic N) is 3. The molecule has 1 aliphatic heterocycles. The molecule has 0 aliphatic carbocycles. The molecule has 0 saturated carbocycles. The molecule has 20 heavy (non-hydrogen) atoms. The van der Waals surface area contributed by atoms with Crippen LogP contribution in [0.25, 0.3) is 0 Å². The van der Waals surface area contributed by atoms with E-state index in [1.165, 1.54) is 24.8 Å². The SMILES string of the molecule is Cc1ccc(N2CCC(Cc3ccccc3)CC2)nn1. The van der Waals surface area contributed by atoms with Gasteiger partial charge in [0.2, 0.25) is 0 Å². The molecule has 1 fully saturated rings. The van der Waals surface area contributed by atoms with E-state index in [0.29, 0.717) is 0 Å². The predicted molar refractivity (Wildman–Crippen MR) is 81.9 cm³/mol. The lowest BCUT2D eigenvalue weighted by Gasteiger charge is -2.32. The van der Waals surface area contributed by atoms with Gasteiger partial charge in [0, 0.05) is 13.1 Å². The summed E-state index contributed by atoms with van der Waals surface area (Å²) in [6.07, 6.45) is 3.68. The van der Waals surface area contributed by atoms with E-state index in [1.807, 2.05) is 13.0 Å². The molecule has 3 rings (SSSR count). The summed E-state index contributed by atoms with van der Waals surface area (Å²) in [5, 5.41) is 8.44. The van der Waals surface area contributed by atoms with Crippen molar-refractivity contribution in [2.45, 2.75) is 26.2 Å². The molecule has 0 radical (unpaired) electrons. The Hall–Kier alpha value is -1.90. The third-order valence-corrected chi connectivity index (χ3v) is 4.09. The van der Waals surface area contributed by atoms with Crippen LogP contribution in [-0.2, 0) is 6.42 Å². The van der Waals surface area contributed by atoms with Gasteiger partial charge in [-0.1, -0.05) is 30.3 Å². The molecular weight excluding hydrogens is 246 g/mol. The Morgan fingerprint density at radius 3 is 2.40 bits per heavy atom. The van der Waals surface area contributed by atoms with E-state index in [9.17, 15) is 0 Å². The monoisotopic (exact) mass is 267 g/mol. The highest BCUT2D eigenvalue weighted by molar-refractivity contribution is 5.37. The number of hydrogen-bond acceptors (Lipinski definition) is 3. The molecule has 0 spiro atoms. The lowest BCUT2D eigenvalue weighted by molar-refractivity contribution is 0.401. The Kier molecular flexibility index (Phi) is 3.95. The number of hydrogen-bond donors (Lipinski definition) is 0. The summed E-state index contributed by atoms with van der Waals surface area (Å²) < 4.78 is 0. The van der Waals surface area contributed by atoms with E-state index in [2.05, 4.69) is 51.5 Å². The molecule has 104 valence electrons. The van der Waals surface area contributed by atoms with E-state index in [4.69, 9.17) is 0 Å². The smallest absolute Gasteiger partial charge is 0.151 e. The summed E-state index contributed by atoms with van der Waals surface area (Å²) in [6, 6.07) is 14.9. The van der Waals surface area contributed by atoms with Crippen LogP contribution in [0.15, 0.2) is 42.5 Å². The van der Waals surface area contributed by atoms with Crippen molar-refractivity contribution in [2.24, 2.45) is 5.92 Å². The second-order valence-corrected chi connectivity index (χ2v) is 5.65. The van der Waals surface area contributed by atoms with Gasteiger partial charge in [-0.25, -0.2) is 0 Å². The maximum absolute atomic E-state index is 4.29. The maximum Gasteiger partial charge on any atom is 0.151 e. The zero-order chi connectivity index (χ0) is 13.8. The van der Waals surface area contributed by atoms with E-state index >= 15 is 0 Å². The normalized spacial score (nSPS) is 16.4. The van der Waals surface area contributed by atoms with Gasteiger partial charge in [0.1, 0.15) is 0 Å². The first-order valence-electron chi connectivity index (χ1n) is 7.40. The van der Waals surface area contributed by atoms with Crippen LogP contribution in [0.2, 0.25) is 0 Å². The molecule has 3 heteroatoms. The molecule has 2 aromatic rings. The van der Waals surface area contributed by atoms with Gasteiger partial charge in [-0.3, -0.25) is 0 Å². The molecule has 1 aromatic heterocycles. The summed E-state index contributed by atoms with van der Waals surface area (Å²) in [6.45, 7) is 4.16. The predicted octanol–water partition coefficient (Wildman–Crippen LogP) is 3.24. The fraction of sp³-hybridized carbons (Fsp3) is 0.412. The van der Waals surface area contributed by atoms with Crippen LogP contribution < -0.4 is 4.90 Å². The van der Waals surface area contributed by atoms with Crippen molar-refractivity contribution in [2.75, 3.05) is 18.0 Å². The summed E-state index contributed by atoms with van der Waals surface area (Å²) in [4.78, 5) is 2.36. The molecule has 0 N–H and O–H groups in total. The zero-order valence-electron chi connectivity index (χ0n) is 12.0. The first-order chi connectivity index (χ1) is 9.81. The topological polar surface area (TPSA) is 29.0 Å². The fourth-order valence-corrected chi connectivity index (χ4v) is 2.87. The Bertz CT molecular complexity index is 528. The molecule has 2 heterocycles. The first-order valence-corrected chi connectivity index (χ1v) is 7.40. The van der Waals surface area contributed by atoms with Gasteiger partial charge in [0.05, 0.1) is 5.69 Å². The van der Waals surface area contributed by atoms with Crippen LogP contribution in [-0.4, -0.2) is 23.3 Å². The second-order valence-electron chi connectivity index (χ2n) is 5.65.